The summed E-state index contributed by atoms with van der Waals surface area (Å²) in [5, 5.41) is 12.5. The molecule has 0 bridgehead atoms. The van der Waals surface area contributed by atoms with Crippen LogP contribution in [0.25, 0.3) is 0 Å². The summed E-state index contributed by atoms with van der Waals surface area (Å²) in [7, 11) is 0. The number of aliphatic carboxylic acids is 1. The van der Waals surface area contributed by atoms with Crippen LogP contribution in [0.15, 0.2) is 30.3 Å². The first kappa shape index (κ1) is 18.0. The molecule has 6 unspecified atom stereocenters. The van der Waals surface area contributed by atoms with Gasteiger partial charge in [0.15, 0.2) is 6.04 Å². The molecule has 1 saturated heterocycles. The van der Waals surface area contributed by atoms with Gasteiger partial charge in [-0.05, 0) is 43.1 Å². The highest BCUT2D eigenvalue weighted by Gasteiger charge is 2.48. The van der Waals surface area contributed by atoms with Crippen LogP contribution in [-0.4, -0.2) is 46.4 Å². The molecule has 1 aliphatic heterocycles. The van der Waals surface area contributed by atoms with Crippen LogP contribution in [0, 0.1) is 17.8 Å². The maximum absolute atomic E-state index is 12.8. The van der Waals surface area contributed by atoms with E-state index in [0.717, 1.165) is 19.3 Å². The first-order valence-corrected chi connectivity index (χ1v) is 9.60. The zero-order valence-corrected chi connectivity index (χ0v) is 15.1. The first-order chi connectivity index (χ1) is 13.0. The lowest BCUT2D eigenvalue weighted by molar-refractivity contribution is -0.149. The van der Waals surface area contributed by atoms with Gasteiger partial charge in [-0.25, -0.2) is 4.79 Å². The van der Waals surface area contributed by atoms with Crippen molar-refractivity contribution in [3.63, 3.8) is 0 Å². The molecular formula is C20H25N3O4. The Bertz CT molecular complexity index is 753. The van der Waals surface area contributed by atoms with E-state index in [-0.39, 0.29) is 23.8 Å². The lowest BCUT2D eigenvalue weighted by Crippen LogP contribution is -2.45. The number of carboxylic acids is 1. The minimum absolute atomic E-state index is 0.0835. The number of nitrogens with one attached hydrogen (secondary N) is 1. The van der Waals surface area contributed by atoms with E-state index in [4.69, 9.17) is 5.73 Å². The number of hydrogen-bond donors (Lipinski definition) is 3. The van der Waals surface area contributed by atoms with Gasteiger partial charge in [0.05, 0.1) is 0 Å². The fourth-order valence-electron chi connectivity index (χ4n) is 4.97. The average molecular weight is 371 g/mol. The van der Waals surface area contributed by atoms with Crippen molar-refractivity contribution in [2.45, 2.75) is 43.8 Å². The minimum Gasteiger partial charge on any atom is -0.479 e. The summed E-state index contributed by atoms with van der Waals surface area (Å²) in [6, 6.07) is 7.26. The van der Waals surface area contributed by atoms with E-state index in [0.29, 0.717) is 30.4 Å². The molecule has 0 radical (unpaired) electrons. The molecule has 1 aromatic rings. The van der Waals surface area contributed by atoms with Crippen molar-refractivity contribution >= 4 is 17.8 Å². The van der Waals surface area contributed by atoms with Crippen LogP contribution in [-0.2, 0) is 14.4 Å². The van der Waals surface area contributed by atoms with E-state index in [2.05, 4.69) is 5.32 Å². The molecule has 144 valence electrons. The van der Waals surface area contributed by atoms with Crippen LogP contribution in [0.4, 0.5) is 0 Å². The van der Waals surface area contributed by atoms with E-state index in [1.165, 1.54) is 4.90 Å². The smallest absolute Gasteiger partial charge is 0.331 e. The number of carboxylic acid groups (broad SMARTS) is 1. The van der Waals surface area contributed by atoms with Crippen molar-refractivity contribution < 1.29 is 19.5 Å². The monoisotopic (exact) mass is 371 g/mol. The fraction of sp³-hybridized carbons (Fsp3) is 0.550. The molecule has 2 aliphatic carbocycles. The third-order valence-corrected chi connectivity index (χ3v) is 6.46. The van der Waals surface area contributed by atoms with Gasteiger partial charge in [0, 0.05) is 18.5 Å². The van der Waals surface area contributed by atoms with E-state index in [1.807, 2.05) is 0 Å². The summed E-state index contributed by atoms with van der Waals surface area (Å²) in [5.41, 5.74) is 6.56. The quantitative estimate of drug-likeness (QED) is 0.712. The molecule has 1 heterocycles. The van der Waals surface area contributed by atoms with Crippen molar-refractivity contribution in [3.8, 4) is 0 Å². The third kappa shape index (κ3) is 3.20. The Morgan fingerprint density at radius 3 is 2.56 bits per heavy atom. The van der Waals surface area contributed by atoms with Crippen molar-refractivity contribution in [1.82, 2.24) is 10.2 Å². The zero-order chi connectivity index (χ0) is 19.1. The normalized spacial score (nSPS) is 33.3. The molecule has 6 atom stereocenters. The lowest BCUT2D eigenvalue weighted by atomic mass is 9.72. The molecule has 7 nitrogen and oxygen atoms in total. The van der Waals surface area contributed by atoms with Gasteiger partial charge >= 0.3 is 5.97 Å². The lowest BCUT2D eigenvalue weighted by Gasteiger charge is -2.37. The van der Waals surface area contributed by atoms with Gasteiger partial charge in [-0.15, -0.1) is 0 Å². The topological polar surface area (TPSA) is 113 Å². The average Bonchev–Trinajstić information content (AvgIpc) is 3.17. The predicted octanol–water partition coefficient (Wildman–Crippen LogP) is 0.903. The van der Waals surface area contributed by atoms with Crippen LogP contribution in [0.5, 0.6) is 0 Å². The Morgan fingerprint density at radius 2 is 1.93 bits per heavy atom. The molecule has 4 rings (SSSR count). The maximum atomic E-state index is 12.8. The molecule has 0 spiro atoms. The highest BCUT2D eigenvalue weighted by Crippen LogP contribution is 2.48. The molecule has 2 saturated carbocycles. The second-order valence-electron chi connectivity index (χ2n) is 8.02. The summed E-state index contributed by atoms with van der Waals surface area (Å²) in [5.74, 6) is -0.588. The van der Waals surface area contributed by atoms with Gasteiger partial charge in [-0.2, -0.15) is 0 Å². The molecule has 0 aromatic heterocycles. The molecule has 3 fully saturated rings. The fourth-order valence-corrected chi connectivity index (χ4v) is 4.97. The van der Waals surface area contributed by atoms with E-state index >= 15 is 0 Å². The predicted molar refractivity (Wildman–Crippen MR) is 97.4 cm³/mol. The molecule has 7 heteroatoms. The molecule has 1 aromatic carbocycles. The van der Waals surface area contributed by atoms with Crippen LogP contribution in [0.1, 0.15) is 37.3 Å². The number of hydrogen-bond acceptors (Lipinski definition) is 4. The van der Waals surface area contributed by atoms with Crippen molar-refractivity contribution in [2.75, 3.05) is 6.54 Å². The minimum atomic E-state index is -1.07. The van der Waals surface area contributed by atoms with E-state index < -0.39 is 18.1 Å². The number of carbonyl (C=O) groups excluding carboxylic acids is 2. The van der Waals surface area contributed by atoms with Crippen molar-refractivity contribution in [3.05, 3.63) is 35.9 Å². The van der Waals surface area contributed by atoms with Crippen LogP contribution in [0.2, 0.25) is 0 Å². The molecule has 27 heavy (non-hydrogen) atoms. The number of likely N-dealkylation sites (tertiary alicyclic amines) is 1. The first-order valence-electron chi connectivity index (χ1n) is 9.60. The van der Waals surface area contributed by atoms with E-state index in [9.17, 15) is 19.5 Å². The van der Waals surface area contributed by atoms with Crippen LogP contribution in [0.3, 0.4) is 0 Å². The molecular weight excluding hydrogens is 346 g/mol. The largest absolute Gasteiger partial charge is 0.479 e. The number of carbonyl (C=O) groups is 3. The SMILES string of the molecule is NC1CC2CC(C(=O)NC3CCN(C(C(=O)O)c4ccccc4)C3=O)CC12. The summed E-state index contributed by atoms with van der Waals surface area (Å²) < 4.78 is 0. The second-order valence-corrected chi connectivity index (χ2v) is 8.02. The highest BCUT2D eigenvalue weighted by molar-refractivity contribution is 5.93. The summed E-state index contributed by atoms with van der Waals surface area (Å²) in [6.45, 7) is 0.316. The Balaban J connectivity index is 1.41. The Labute approximate surface area is 157 Å². The Kier molecular flexibility index (Phi) is 4.63. The van der Waals surface area contributed by atoms with Gasteiger partial charge in [0.2, 0.25) is 11.8 Å². The van der Waals surface area contributed by atoms with E-state index in [1.54, 1.807) is 30.3 Å². The zero-order valence-electron chi connectivity index (χ0n) is 15.1. The number of nitrogens with two attached hydrogens (primary N) is 1. The van der Waals surface area contributed by atoms with Crippen molar-refractivity contribution in [2.24, 2.45) is 23.5 Å². The Morgan fingerprint density at radius 1 is 1.19 bits per heavy atom. The maximum Gasteiger partial charge on any atom is 0.331 e. The van der Waals surface area contributed by atoms with Gasteiger partial charge < -0.3 is 21.1 Å². The molecule has 4 N–H and O–H groups in total. The second kappa shape index (κ2) is 6.96. The standard InChI is InChI=1S/C20H25N3O4/c21-15-10-12-8-13(9-14(12)15)18(24)22-16-6-7-23(19(16)25)17(20(26)27)11-4-2-1-3-5-11/h1-5,12-17H,6-10,21H2,(H,22,24)(H,26,27). The highest BCUT2D eigenvalue weighted by atomic mass is 16.4. The number of benzene rings is 1. The van der Waals surface area contributed by atoms with Gasteiger partial charge in [-0.1, -0.05) is 30.3 Å². The van der Waals surface area contributed by atoms with Gasteiger partial charge in [0.25, 0.3) is 0 Å². The molecule has 3 aliphatic rings. The van der Waals surface area contributed by atoms with Crippen molar-refractivity contribution in [1.29, 1.82) is 0 Å². The number of nitrogens with zero attached hydrogens (tertiary/aromatic N) is 1. The third-order valence-electron chi connectivity index (χ3n) is 6.46. The van der Waals surface area contributed by atoms with Gasteiger partial charge in [-0.3, -0.25) is 9.59 Å². The summed E-state index contributed by atoms with van der Waals surface area (Å²) in [4.78, 5) is 38.6. The number of rotatable bonds is 5. The Hall–Kier alpha value is -2.41. The van der Waals surface area contributed by atoms with Crippen LogP contribution >= 0.6 is 0 Å². The number of fused-ring (bicyclic) bond motifs is 1. The summed E-state index contributed by atoms with van der Waals surface area (Å²) >= 11 is 0. The van der Waals surface area contributed by atoms with Crippen LogP contribution < -0.4 is 11.1 Å². The molecule has 2 amide bonds. The summed E-state index contributed by atoms with van der Waals surface area (Å²) in [6.07, 6.45) is 3.06. The number of amides is 2. The van der Waals surface area contributed by atoms with Gasteiger partial charge in [0.1, 0.15) is 6.04 Å².